The van der Waals surface area contributed by atoms with Gasteiger partial charge in [0.05, 0.1) is 18.4 Å². The second-order valence-corrected chi connectivity index (χ2v) is 10.0. The number of nitrogens with zero attached hydrogens (tertiary/aromatic N) is 3. The van der Waals surface area contributed by atoms with Crippen LogP contribution >= 0.6 is 0 Å². The van der Waals surface area contributed by atoms with Gasteiger partial charge in [0.15, 0.2) is 0 Å². The van der Waals surface area contributed by atoms with Crippen molar-refractivity contribution in [1.82, 2.24) is 9.97 Å². The molecule has 0 spiro atoms. The smallest absolute Gasteiger partial charge is 0.365 e. The van der Waals surface area contributed by atoms with Gasteiger partial charge in [-0.3, -0.25) is 9.10 Å². The van der Waals surface area contributed by atoms with E-state index in [-0.39, 0.29) is 36.1 Å². The van der Waals surface area contributed by atoms with Crippen LogP contribution in [0.15, 0.2) is 42.6 Å². The van der Waals surface area contributed by atoms with E-state index in [0.29, 0.717) is 17.6 Å². The molecule has 14 heteroatoms. The SMILES string of the molecule is CN(c1ccc(F)cc1CNc1nc(Nc2ccc3c(c2)NC(=O)C3)ncc1C(F)(F)F)S(C)(=O)=O. The standard InChI is InChI=1S/C22H20F4N6O3S/c1-32(36(2,34)35)18-6-4-14(23)7-13(18)10-27-20-16(22(24,25)26)11-28-21(31-20)29-15-5-3-12-8-19(33)30-17(12)9-15/h3-7,9,11H,8,10H2,1-2H3,(H,30,33)(H2,27,28,29,31). The monoisotopic (exact) mass is 524 g/mol. The molecule has 1 amide bonds. The van der Waals surface area contributed by atoms with E-state index in [1.807, 2.05) is 0 Å². The topological polar surface area (TPSA) is 116 Å². The summed E-state index contributed by atoms with van der Waals surface area (Å²) < 4.78 is 79.5. The van der Waals surface area contributed by atoms with E-state index >= 15 is 0 Å². The Kier molecular flexibility index (Phi) is 6.47. The van der Waals surface area contributed by atoms with Crippen molar-refractivity contribution in [2.45, 2.75) is 19.1 Å². The molecule has 190 valence electrons. The number of nitrogens with one attached hydrogen (secondary N) is 3. The Morgan fingerprint density at radius 1 is 1.17 bits per heavy atom. The number of amides is 1. The number of aromatic nitrogens is 2. The largest absolute Gasteiger partial charge is 0.421 e. The molecule has 0 unspecified atom stereocenters. The van der Waals surface area contributed by atoms with Gasteiger partial charge in [-0.2, -0.15) is 18.2 Å². The van der Waals surface area contributed by atoms with Crippen LogP contribution in [0.2, 0.25) is 0 Å². The molecule has 36 heavy (non-hydrogen) atoms. The molecule has 0 bridgehead atoms. The van der Waals surface area contributed by atoms with E-state index < -0.39 is 33.4 Å². The lowest BCUT2D eigenvalue weighted by Gasteiger charge is -2.21. The number of hydrogen-bond acceptors (Lipinski definition) is 7. The van der Waals surface area contributed by atoms with Crippen LogP contribution in [-0.4, -0.2) is 37.6 Å². The highest BCUT2D eigenvalue weighted by Gasteiger charge is 2.35. The zero-order valence-corrected chi connectivity index (χ0v) is 19.8. The maximum atomic E-state index is 13.9. The number of alkyl halides is 3. The Morgan fingerprint density at radius 2 is 1.92 bits per heavy atom. The minimum absolute atomic E-state index is 0.0903. The maximum absolute atomic E-state index is 13.9. The highest BCUT2D eigenvalue weighted by atomic mass is 32.2. The molecule has 3 aromatic rings. The van der Waals surface area contributed by atoms with E-state index in [2.05, 4.69) is 25.9 Å². The number of sulfonamides is 1. The van der Waals surface area contributed by atoms with Crippen LogP contribution in [0, 0.1) is 5.82 Å². The Balaban J connectivity index is 1.63. The summed E-state index contributed by atoms with van der Waals surface area (Å²) in [6, 6.07) is 8.23. The van der Waals surface area contributed by atoms with Crippen LogP contribution in [0.4, 0.5) is 46.4 Å². The van der Waals surface area contributed by atoms with Crippen molar-refractivity contribution in [2.75, 3.05) is 33.6 Å². The summed E-state index contributed by atoms with van der Waals surface area (Å²) in [6.07, 6.45) is -3.02. The first-order valence-electron chi connectivity index (χ1n) is 10.4. The fourth-order valence-corrected chi connectivity index (χ4v) is 4.10. The first kappa shape index (κ1) is 25.2. The van der Waals surface area contributed by atoms with Gasteiger partial charge >= 0.3 is 6.18 Å². The van der Waals surface area contributed by atoms with E-state index in [1.54, 1.807) is 18.2 Å². The first-order valence-corrected chi connectivity index (χ1v) is 12.3. The second kappa shape index (κ2) is 9.26. The molecule has 4 rings (SSSR count). The molecule has 2 aromatic carbocycles. The zero-order valence-electron chi connectivity index (χ0n) is 18.9. The third-order valence-electron chi connectivity index (χ3n) is 5.41. The highest BCUT2D eigenvalue weighted by molar-refractivity contribution is 7.92. The molecule has 0 saturated heterocycles. The maximum Gasteiger partial charge on any atom is 0.421 e. The predicted octanol–water partition coefficient (Wildman–Crippen LogP) is 3.88. The summed E-state index contributed by atoms with van der Waals surface area (Å²) >= 11 is 0. The lowest BCUT2D eigenvalue weighted by atomic mass is 10.1. The average Bonchev–Trinajstić information content (AvgIpc) is 3.15. The van der Waals surface area contributed by atoms with Crippen LogP contribution in [0.1, 0.15) is 16.7 Å². The summed E-state index contributed by atoms with van der Waals surface area (Å²) in [7, 11) is -2.46. The van der Waals surface area contributed by atoms with Crippen LogP contribution < -0.4 is 20.3 Å². The van der Waals surface area contributed by atoms with Crippen LogP contribution in [0.25, 0.3) is 0 Å². The first-order chi connectivity index (χ1) is 16.8. The van der Waals surface area contributed by atoms with Crippen molar-refractivity contribution in [1.29, 1.82) is 0 Å². The van der Waals surface area contributed by atoms with E-state index in [1.165, 1.54) is 13.1 Å². The number of rotatable bonds is 7. The van der Waals surface area contributed by atoms with Gasteiger partial charge in [-0.15, -0.1) is 0 Å². The number of carbonyl (C=O) groups excluding carboxylic acids is 1. The minimum Gasteiger partial charge on any atom is -0.365 e. The van der Waals surface area contributed by atoms with Crippen LogP contribution in [-0.2, 0) is 34.0 Å². The third-order valence-corrected chi connectivity index (χ3v) is 6.60. The predicted molar refractivity (Wildman–Crippen MR) is 126 cm³/mol. The van der Waals surface area contributed by atoms with Gasteiger partial charge in [-0.1, -0.05) is 6.07 Å². The fraction of sp³-hybridized carbons (Fsp3) is 0.227. The van der Waals surface area contributed by atoms with Gasteiger partial charge in [-0.05, 0) is 41.5 Å². The Morgan fingerprint density at radius 3 is 2.61 bits per heavy atom. The normalized spacial score (nSPS) is 13.2. The molecule has 1 aliphatic heterocycles. The molecule has 0 radical (unpaired) electrons. The quantitative estimate of drug-likeness (QED) is 0.402. The van der Waals surface area contributed by atoms with Gasteiger partial charge in [0.25, 0.3) is 0 Å². The summed E-state index contributed by atoms with van der Waals surface area (Å²) in [5.74, 6) is -1.62. The van der Waals surface area contributed by atoms with Crippen molar-refractivity contribution in [3.63, 3.8) is 0 Å². The summed E-state index contributed by atoms with van der Waals surface area (Å²) in [4.78, 5) is 19.2. The van der Waals surface area contributed by atoms with Crippen molar-refractivity contribution in [3.8, 4) is 0 Å². The molecule has 1 aliphatic rings. The number of carbonyl (C=O) groups is 1. The fourth-order valence-electron chi connectivity index (χ4n) is 3.57. The Bertz CT molecular complexity index is 1450. The summed E-state index contributed by atoms with van der Waals surface area (Å²) in [5.41, 5.74) is 0.814. The summed E-state index contributed by atoms with van der Waals surface area (Å²) in [6.45, 7) is -0.364. The lowest BCUT2D eigenvalue weighted by molar-refractivity contribution is -0.137. The van der Waals surface area contributed by atoms with Gasteiger partial charge in [0, 0.05) is 31.2 Å². The zero-order chi connectivity index (χ0) is 26.3. The van der Waals surface area contributed by atoms with Crippen LogP contribution in [0.3, 0.4) is 0 Å². The molecule has 0 aliphatic carbocycles. The van der Waals surface area contributed by atoms with Gasteiger partial charge in [0.2, 0.25) is 21.9 Å². The number of fused-ring (bicyclic) bond motifs is 1. The van der Waals surface area contributed by atoms with E-state index in [4.69, 9.17) is 0 Å². The average molecular weight is 525 g/mol. The molecular formula is C22H20F4N6O3S. The summed E-state index contributed by atoms with van der Waals surface area (Å²) in [5, 5.41) is 8.00. The minimum atomic E-state index is -4.80. The molecule has 0 saturated carbocycles. The number of benzene rings is 2. The molecular weight excluding hydrogens is 504 g/mol. The van der Waals surface area contributed by atoms with Crippen molar-refractivity contribution < 1.29 is 30.8 Å². The number of anilines is 5. The Labute approximate surface area is 203 Å². The molecule has 3 N–H and O–H groups in total. The molecule has 9 nitrogen and oxygen atoms in total. The van der Waals surface area contributed by atoms with Crippen molar-refractivity contribution in [2.24, 2.45) is 0 Å². The Hall–Kier alpha value is -3.94. The van der Waals surface area contributed by atoms with Gasteiger partial charge < -0.3 is 16.0 Å². The molecule has 0 fully saturated rings. The molecule has 2 heterocycles. The van der Waals surface area contributed by atoms with Crippen molar-refractivity contribution in [3.05, 3.63) is 65.1 Å². The number of halogens is 4. The molecule has 0 atom stereocenters. The third kappa shape index (κ3) is 5.48. The highest BCUT2D eigenvalue weighted by Crippen LogP contribution is 2.35. The molecule has 1 aromatic heterocycles. The van der Waals surface area contributed by atoms with Crippen LogP contribution in [0.5, 0.6) is 0 Å². The van der Waals surface area contributed by atoms with Gasteiger partial charge in [-0.25, -0.2) is 17.8 Å². The number of hydrogen-bond donors (Lipinski definition) is 3. The van der Waals surface area contributed by atoms with E-state index in [9.17, 15) is 30.8 Å². The lowest BCUT2D eigenvalue weighted by Crippen LogP contribution is -2.26. The van der Waals surface area contributed by atoms with Crippen molar-refractivity contribution >= 4 is 44.8 Å². The van der Waals surface area contributed by atoms with E-state index in [0.717, 1.165) is 28.3 Å². The second-order valence-electron chi connectivity index (χ2n) is 8.03. The van der Waals surface area contributed by atoms with Gasteiger partial charge in [0.1, 0.15) is 17.2 Å².